The summed E-state index contributed by atoms with van der Waals surface area (Å²) < 4.78 is 2.98. The highest BCUT2D eigenvalue weighted by Gasteiger charge is 2.08. The van der Waals surface area contributed by atoms with E-state index in [2.05, 4.69) is 38.0 Å². The Morgan fingerprint density at radius 3 is 2.72 bits per heavy atom. The monoisotopic (exact) mass is 302 g/mol. The molecule has 3 rings (SSSR count). The number of hydrogen-bond acceptors (Lipinski definition) is 3. The van der Waals surface area contributed by atoms with Crippen molar-refractivity contribution in [3.8, 4) is 0 Å². The van der Waals surface area contributed by atoms with Crippen molar-refractivity contribution in [3.63, 3.8) is 0 Å². The van der Waals surface area contributed by atoms with Crippen molar-refractivity contribution in [2.75, 3.05) is 5.73 Å². The van der Waals surface area contributed by atoms with Crippen LogP contribution in [0.25, 0.3) is 11.2 Å². The Morgan fingerprint density at radius 2 is 1.94 bits per heavy atom. The first-order chi connectivity index (χ1) is 8.74. The lowest BCUT2D eigenvalue weighted by molar-refractivity contribution is 0.827. The number of aromatic nitrogens is 3. The molecular weight excluding hydrogens is 292 g/mol. The number of hydrogen-bond donors (Lipinski definition) is 1. The predicted octanol–water partition coefficient (Wildman–Crippen LogP) is 2.82. The molecule has 0 unspecified atom stereocenters. The molecular formula is C13H11BrN4. The van der Waals surface area contributed by atoms with Gasteiger partial charge in [-0.25, -0.2) is 9.97 Å². The zero-order valence-electron chi connectivity index (χ0n) is 9.55. The molecule has 0 bridgehead atoms. The van der Waals surface area contributed by atoms with Crippen LogP contribution in [0.15, 0.2) is 47.1 Å². The molecule has 3 aromatic rings. The Balaban J connectivity index is 2.04. The van der Waals surface area contributed by atoms with Gasteiger partial charge in [0.1, 0.15) is 5.52 Å². The van der Waals surface area contributed by atoms with E-state index in [1.165, 1.54) is 0 Å². The number of nitrogens with two attached hydrogens (primary N) is 1. The number of nitrogen functional groups attached to an aromatic ring is 1. The van der Waals surface area contributed by atoms with E-state index in [1.807, 2.05) is 28.8 Å². The summed E-state index contributed by atoms with van der Waals surface area (Å²) in [5.41, 5.74) is 8.74. The predicted molar refractivity (Wildman–Crippen MR) is 75.2 cm³/mol. The Hall–Kier alpha value is -1.88. The molecule has 2 heterocycles. The summed E-state index contributed by atoms with van der Waals surface area (Å²) in [5.74, 6) is 0.492. The van der Waals surface area contributed by atoms with Crippen LogP contribution in [0.1, 0.15) is 5.56 Å². The van der Waals surface area contributed by atoms with Gasteiger partial charge in [-0.1, -0.05) is 28.1 Å². The molecule has 0 spiro atoms. The maximum Gasteiger partial charge on any atom is 0.202 e. The highest BCUT2D eigenvalue weighted by molar-refractivity contribution is 9.10. The molecule has 2 N–H and O–H groups in total. The van der Waals surface area contributed by atoms with Gasteiger partial charge in [0.25, 0.3) is 0 Å². The van der Waals surface area contributed by atoms with Crippen LogP contribution in [0.4, 0.5) is 5.95 Å². The Morgan fingerprint density at radius 1 is 1.17 bits per heavy atom. The summed E-state index contributed by atoms with van der Waals surface area (Å²) in [6.45, 7) is 0.673. The fourth-order valence-electron chi connectivity index (χ4n) is 1.90. The second-order valence-corrected chi connectivity index (χ2v) is 4.94. The maximum absolute atomic E-state index is 5.93. The fraction of sp³-hybridized carbons (Fsp3) is 0.0769. The van der Waals surface area contributed by atoms with Gasteiger partial charge in [-0.05, 0) is 29.8 Å². The van der Waals surface area contributed by atoms with E-state index in [0.29, 0.717) is 12.5 Å². The van der Waals surface area contributed by atoms with Crippen molar-refractivity contribution >= 4 is 33.0 Å². The van der Waals surface area contributed by atoms with Crippen LogP contribution in [-0.4, -0.2) is 14.5 Å². The molecule has 0 atom stereocenters. The third-order valence-corrected chi connectivity index (χ3v) is 3.32. The third kappa shape index (κ3) is 1.97. The van der Waals surface area contributed by atoms with Crippen molar-refractivity contribution < 1.29 is 0 Å². The summed E-state index contributed by atoms with van der Waals surface area (Å²) >= 11 is 3.42. The first-order valence-corrected chi connectivity index (χ1v) is 6.34. The first-order valence-electron chi connectivity index (χ1n) is 5.55. The Kier molecular flexibility index (Phi) is 2.76. The summed E-state index contributed by atoms with van der Waals surface area (Å²) in [6, 6.07) is 11.9. The van der Waals surface area contributed by atoms with Crippen molar-refractivity contribution in [2.24, 2.45) is 0 Å². The van der Waals surface area contributed by atoms with Crippen LogP contribution in [0.2, 0.25) is 0 Å². The SMILES string of the molecule is Nc1nc2cccnc2n1Cc1ccc(Br)cc1. The lowest BCUT2D eigenvalue weighted by Gasteiger charge is -2.05. The van der Waals surface area contributed by atoms with Gasteiger partial charge in [0.2, 0.25) is 5.95 Å². The quantitative estimate of drug-likeness (QED) is 0.792. The van der Waals surface area contributed by atoms with Crippen molar-refractivity contribution in [1.82, 2.24) is 14.5 Å². The minimum absolute atomic E-state index is 0.492. The smallest absolute Gasteiger partial charge is 0.202 e. The molecule has 0 saturated carbocycles. The van der Waals surface area contributed by atoms with Gasteiger partial charge in [-0.15, -0.1) is 0 Å². The number of benzene rings is 1. The van der Waals surface area contributed by atoms with Gasteiger partial charge < -0.3 is 5.73 Å². The molecule has 0 aliphatic carbocycles. The summed E-state index contributed by atoms with van der Waals surface area (Å²) in [7, 11) is 0. The number of rotatable bonds is 2. The fourth-order valence-corrected chi connectivity index (χ4v) is 2.17. The topological polar surface area (TPSA) is 56.7 Å². The highest BCUT2D eigenvalue weighted by Crippen LogP contribution is 2.18. The number of pyridine rings is 1. The second-order valence-electron chi connectivity index (χ2n) is 4.03. The number of imidazole rings is 1. The second kappa shape index (κ2) is 4.42. The highest BCUT2D eigenvalue weighted by atomic mass is 79.9. The van der Waals surface area contributed by atoms with Gasteiger partial charge >= 0.3 is 0 Å². The standard InChI is InChI=1S/C13H11BrN4/c14-10-5-3-9(4-6-10)8-18-12-11(17-13(18)15)2-1-7-16-12/h1-7H,8H2,(H2,15,17). The lowest BCUT2D eigenvalue weighted by atomic mass is 10.2. The Bertz CT molecular complexity index is 688. The zero-order valence-corrected chi connectivity index (χ0v) is 11.1. The minimum Gasteiger partial charge on any atom is -0.369 e. The number of halogens is 1. The molecule has 0 saturated heterocycles. The van der Waals surface area contributed by atoms with Crippen molar-refractivity contribution in [1.29, 1.82) is 0 Å². The Labute approximate surface area is 113 Å². The van der Waals surface area contributed by atoms with Crippen LogP contribution in [0.3, 0.4) is 0 Å². The summed E-state index contributed by atoms with van der Waals surface area (Å²) in [6.07, 6.45) is 1.75. The van der Waals surface area contributed by atoms with Crippen LogP contribution >= 0.6 is 15.9 Å². The lowest BCUT2D eigenvalue weighted by Crippen LogP contribution is -2.05. The van der Waals surface area contributed by atoms with E-state index < -0.39 is 0 Å². The normalized spacial score (nSPS) is 10.9. The van der Waals surface area contributed by atoms with Crippen LogP contribution in [-0.2, 0) is 6.54 Å². The van der Waals surface area contributed by atoms with E-state index in [-0.39, 0.29) is 0 Å². The third-order valence-electron chi connectivity index (χ3n) is 2.79. The molecule has 4 nitrogen and oxygen atoms in total. The molecule has 0 amide bonds. The molecule has 1 aromatic carbocycles. The van der Waals surface area contributed by atoms with Gasteiger partial charge in [0.15, 0.2) is 5.65 Å². The summed E-state index contributed by atoms with van der Waals surface area (Å²) in [4.78, 5) is 8.62. The van der Waals surface area contributed by atoms with Crippen LogP contribution in [0.5, 0.6) is 0 Å². The molecule has 18 heavy (non-hydrogen) atoms. The number of anilines is 1. The van der Waals surface area contributed by atoms with Gasteiger partial charge in [0, 0.05) is 10.7 Å². The molecule has 0 aliphatic rings. The van der Waals surface area contributed by atoms with E-state index in [0.717, 1.165) is 21.2 Å². The largest absolute Gasteiger partial charge is 0.369 e. The van der Waals surface area contributed by atoms with E-state index in [4.69, 9.17) is 5.73 Å². The minimum atomic E-state index is 0.492. The molecule has 2 aromatic heterocycles. The average Bonchev–Trinajstić information content (AvgIpc) is 2.69. The molecule has 0 fully saturated rings. The van der Waals surface area contributed by atoms with Gasteiger partial charge in [-0.2, -0.15) is 0 Å². The van der Waals surface area contributed by atoms with Gasteiger partial charge in [-0.3, -0.25) is 4.57 Å². The molecule has 0 aliphatic heterocycles. The number of nitrogens with zero attached hydrogens (tertiary/aromatic N) is 3. The van der Waals surface area contributed by atoms with Crippen molar-refractivity contribution in [2.45, 2.75) is 6.54 Å². The van der Waals surface area contributed by atoms with Crippen LogP contribution < -0.4 is 5.73 Å². The maximum atomic E-state index is 5.93. The number of fused-ring (bicyclic) bond motifs is 1. The molecule has 90 valence electrons. The first kappa shape index (κ1) is 11.2. The van der Waals surface area contributed by atoms with E-state index in [9.17, 15) is 0 Å². The van der Waals surface area contributed by atoms with E-state index >= 15 is 0 Å². The molecule has 0 radical (unpaired) electrons. The van der Waals surface area contributed by atoms with Gasteiger partial charge in [0.05, 0.1) is 6.54 Å². The summed E-state index contributed by atoms with van der Waals surface area (Å²) in [5, 5.41) is 0. The zero-order chi connectivity index (χ0) is 12.5. The van der Waals surface area contributed by atoms with E-state index in [1.54, 1.807) is 6.20 Å². The van der Waals surface area contributed by atoms with Crippen molar-refractivity contribution in [3.05, 3.63) is 52.6 Å². The molecule has 5 heteroatoms. The average molecular weight is 303 g/mol. The van der Waals surface area contributed by atoms with Crippen LogP contribution in [0, 0.1) is 0 Å².